The Kier molecular flexibility index (Phi) is 4.97. The molecule has 1 amide bonds. The Bertz CT molecular complexity index is 614. The summed E-state index contributed by atoms with van der Waals surface area (Å²) in [5.41, 5.74) is 6.81. The highest BCUT2D eigenvalue weighted by atomic mass is 32.2. The van der Waals surface area contributed by atoms with Crippen LogP contribution in [0, 0.1) is 5.82 Å². The fourth-order valence-corrected chi connectivity index (χ4v) is 2.74. The summed E-state index contributed by atoms with van der Waals surface area (Å²) in [4.78, 5) is 15.8. The molecule has 7 heteroatoms. The molecule has 2 rings (SSSR count). The van der Waals surface area contributed by atoms with E-state index in [0.717, 1.165) is 10.7 Å². The quantitative estimate of drug-likeness (QED) is 0.787. The van der Waals surface area contributed by atoms with Crippen LogP contribution in [0.25, 0.3) is 11.0 Å². The maximum Gasteiger partial charge on any atom is 0.220 e. The second-order valence-electron chi connectivity index (χ2n) is 4.32. The Hall–Kier alpha value is -1.60. The van der Waals surface area contributed by atoms with Gasteiger partial charge in [0.1, 0.15) is 5.82 Å². The highest BCUT2D eigenvalue weighted by Crippen LogP contribution is 2.23. The molecule has 5 nitrogen and oxygen atoms in total. The summed E-state index contributed by atoms with van der Waals surface area (Å²) in [5.74, 6) is 0.303. The first-order valence-corrected chi connectivity index (χ1v) is 7.32. The van der Waals surface area contributed by atoms with Crippen molar-refractivity contribution in [3.63, 3.8) is 0 Å². The second kappa shape index (κ2) is 6.71. The third kappa shape index (κ3) is 3.49. The summed E-state index contributed by atoms with van der Waals surface area (Å²) in [7, 11) is 1.88. The van der Waals surface area contributed by atoms with Gasteiger partial charge in [0, 0.05) is 38.4 Å². The number of nitrogens with one attached hydrogen (secondary N) is 1. The van der Waals surface area contributed by atoms with Gasteiger partial charge in [-0.1, -0.05) is 11.8 Å². The number of benzene rings is 1. The van der Waals surface area contributed by atoms with E-state index in [4.69, 9.17) is 5.73 Å². The van der Waals surface area contributed by atoms with E-state index >= 15 is 0 Å². The van der Waals surface area contributed by atoms with Crippen LogP contribution in [-0.4, -0.2) is 34.3 Å². The number of nitrogens with two attached hydrogens (primary N) is 1. The standard InChI is InChI=1S/C13H17FN4OS/c1-18-11-3-2-9(14)8-10(11)17-13(18)20-7-4-12(19)16-6-5-15/h2-3,8H,4-7,15H2,1H3,(H,16,19). The van der Waals surface area contributed by atoms with Crippen LogP contribution in [-0.2, 0) is 11.8 Å². The molecule has 0 saturated heterocycles. The number of fused-ring (bicyclic) bond motifs is 1. The molecule has 20 heavy (non-hydrogen) atoms. The van der Waals surface area contributed by atoms with Gasteiger partial charge in [0.25, 0.3) is 0 Å². The van der Waals surface area contributed by atoms with Crippen LogP contribution >= 0.6 is 11.8 Å². The summed E-state index contributed by atoms with van der Waals surface area (Å²) < 4.78 is 15.0. The molecule has 0 radical (unpaired) electrons. The van der Waals surface area contributed by atoms with Crippen LogP contribution in [0.2, 0.25) is 0 Å². The molecule has 1 aromatic heterocycles. The maximum atomic E-state index is 13.1. The van der Waals surface area contributed by atoms with Gasteiger partial charge in [0.05, 0.1) is 11.0 Å². The van der Waals surface area contributed by atoms with Gasteiger partial charge >= 0.3 is 0 Å². The number of thioether (sulfide) groups is 1. The molecule has 0 saturated carbocycles. The molecule has 0 aliphatic carbocycles. The Balaban J connectivity index is 1.96. The van der Waals surface area contributed by atoms with Crippen molar-refractivity contribution in [1.29, 1.82) is 0 Å². The van der Waals surface area contributed by atoms with E-state index in [1.54, 1.807) is 6.07 Å². The highest BCUT2D eigenvalue weighted by Gasteiger charge is 2.09. The van der Waals surface area contributed by atoms with E-state index in [-0.39, 0.29) is 11.7 Å². The SMILES string of the molecule is Cn1c(SCCC(=O)NCCN)nc2cc(F)ccc21. The number of aryl methyl sites for hydroxylation is 1. The molecule has 0 spiro atoms. The number of carbonyl (C=O) groups excluding carboxylic acids is 1. The minimum Gasteiger partial charge on any atom is -0.355 e. The Labute approximate surface area is 120 Å². The fourth-order valence-electron chi connectivity index (χ4n) is 1.81. The monoisotopic (exact) mass is 296 g/mol. The lowest BCUT2D eigenvalue weighted by molar-refractivity contribution is -0.120. The van der Waals surface area contributed by atoms with Crippen LogP contribution in [0.3, 0.4) is 0 Å². The minimum absolute atomic E-state index is 0.0206. The normalized spacial score (nSPS) is 10.9. The van der Waals surface area contributed by atoms with Crippen molar-refractivity contribution in [3.05, 3.63) is 24.0 Å². The summed E-state index contributed by atoms with van der Waals surface area (Å²) in [6.45, 7) is 0.935. The first-order valence-electron chi connectivity index (χ1n) is 6.33. The molecule has 2 aromatic rings. The number of rotatable bonds is 6. The minimum atomic E-state index is -0.298. The van der Waals surface area contributed by atoms with Crippen molar-refractivity contribution in [1.82, 2.24) is 14.9 Å². The van der Waals surface area contributed by atoms with Crippen molar-refractivity contribution in [2.75, 3.05) is 18.8 Å². The molecule has 0 atom stereocenters. The summed E-state index contributed by atoms with van der Waals surface area (Å²) >= 11 is 1.48. The predicted octanol–water partition coefficient (Wildman–Crippen LogP) is 1.27. The molecule has 0 aliphatic heterocycles. The first kappa shape index (κ1) is 14.8. The summed E-state index contributed by atoms with van der Waals surface area (Å²) in [6, 6.07) is 4.53. The Morgan fingerprint density at radius 3 is 3.10 bits per heavy atom. The van der Waals surface area contributed by atoms with Gasteiger partial charge in [-0.15, -0.1) is 0 Å². The molecule has 0 aliphatic rings. The van der Waals surface area contributed by atoms with E-state index in [9.17, 15) is 9.18 Å². The molecule has 3 N–H and O–H groups in total. The van der Waals surface area contributed by atoms with E-state index in [1.807, 2.05) is 11.6 Å². The smallest absolute Gasteiger partial charge is 0.220 e. The maximum absolute atomic E-state index is 13.1. The number of amides is 1. The lowest BCUT2D eigenvalue weighted by Crippen LogP contribution is -2.29. The van der Waals surface area contributed by atoms with Crippen LogP contribution in [0.5, 0.6) is 0 Å². The highest BCUT2D eigenvalue weighted by molar-refractivity contribution is 7.99. The third-order valence-electron chi connectivity index (χ3n) is 2.83. The second-order valence-corrected chi connectivity index (χ2v) is 5.39. The lowest BCUT2D eigenvalue weighted by Gasteiger charge is -2.03. The summed E-state index contributed by atoms with van der Waals surface area (Å²) in [5, 5.41) is 3.49. The van der Waals surface area contributed by atoms with Gasteiger partial charge in [0.15, 0.2) is 5.16 Å². The molecule has 0 bridgehead atoms. The van der Waals surface area contributed by atoms with Crippen molar-refractivity contribution in [2.24, 2.45) is 12.8 Å². The van der Waals surface area contributed by atoms with Crippen LogP contribution in [0.15, 0.2) is 23.4 Å². The van der Waals surface area contributed by atoms with Gasteiger partial charge in [-0.05, 0) is 12.1 Å². The number of aromatic nitrogens is 2. The zero-order valence-corrected chi connectivity index (χ0v) is 12.0. The zero-order chi connectivity index (χ0) is 14.5. The third-order valence-corrected chi connectivity index (χ3v) is 3.86. The first-order chi connectivity index (χ1) is 9.61. The van der Waals surface area contributed by atoms with Gasteiger partial charge in [-0.25, -0.2) is 9.37 Å². The fraction of sp³-hybridized carbons (Fsp3) is 0.385. The Morgan fingerprint density at radius 1 is 1.55 bits per heavy atom. The van der Waals surface area contributed by atoms with Gasteiger partial charge in [0.2, 0.25) is 5.91 Å². The topological polar surface area (TPSA) is 72.9 Å². The van der Waals surface area contributed by atoms with Gasteiger partial charge in [-0.2, -0.15) is 0 Å². The van der Waals surface area contributed by atoms with Gasteiger partial charge < -0.3 is 15.6 Å². The Morgan fingerprint density at radius 2 is 2.35 bits per heavy atom. The molecule has 1 aromatic carbocycles. The average Bonchev–Trinajstić information content (AvgIpc) is 2.72. The van der Waals surface area contributed by atoms with E-state index in [0.29, 0.717) is 30.8 Å². The molecule has 108 valence electrons. The van der Waals surface area contributed by atoms with Crippen molar-refractivity contribution in [3.8, 4) is 0 Å². The number of hydrogen-bond acceptors (Lipinski definition) is 4. The molecule has 0 fully saturated rings. The zero-order valence-electron chi connectivity index (χ0n) is 11.2. The predicted molar refractivity (Wildman–Crippen MR) is 78.1 cm³/mol. The molecule has 1 heterocycles. The number of carbonyl (C=O) groups is 1. The number of halogens is 1. The molecule has 0 unspecified atom stereocenters. The molecular formula is C13H17FN4OS. The number of hydrogen-bond donors (Lipinski definition) is 2. The van der Waals surface area contributed by atoms with Crippen molar-refractivity contribution < 1.29 is 9.18 Å². The van der Waals surface area contributed by atoms with E-state index < -0.39 is 0 Å². The van der Waals surface area contributed by atoms with Crippen LogP contribution in [0.4, 0.5) is 4.39 Å². The number of imidazole rings is 1. The van der Waals surface area contributed by atoms with E-state index in [1.165, 1.54) is 23.9 Å². The lowest BCUT2D eigenvalue weighted by atomic mass is 10.3. The van der Waals surface area contributed by atoms with Gasteiger partial charge in [-0.3, -0.25) is 4.79 Å². The van der Waals surface area contributed by atoms with Crippen LogP contribution < -0.4 is 11.1 Å². The number of nitrogens with zero attached hydrogens (tertiary/aromatic N) is 2. The average molecular weight is 296 g/mol. The molecular weight excluding hydrogens is 279 g/mol. The van der Waals surface area contributed by atoms with Crippen molar-refractivity contribution in [2.45, 2.75) is 11.6 Å². The largest absolute Gasteiger partial charge is 0.355 e. The summed E-state index contributed by atoms with van der Waals surface area (Å²) in [6.07, 6.45) is 0.405. The van der Waals surface area contributed by atoms with E-state index in [2.05, 4.69) is 10.3 Å². The van der Waals surface area contributed by atoms with Crippen LogP contribution in [0.1, 0.15) is 6.42 Å². The van der Waals surface area contributed by atoms with Crippen molar-refractivity contribution >= 4 is 28.7 Å².